The zero-order chi connectivity index (χ0) is 13.1. The van der Waals surface area contributed by atoms with Crippen LogP contribution in [0.25, 0.3) is 0 Å². The van der Waals surface area contributed by atoms with Gasteiger partial charge in [-0.05, 0) is 37.2 Å². The van der Waals surface area contributed by atoms with Crippen molar-refractivity contribution < 1.29 is 0 Å². The number of aromatic nitrogens is 1. The van der Waals surface area contributed by atoms with E-state index in [4.69, 9.17) is 5.73 Å². The highest BCUT2D eigenvalue weighted by molar-refractivity contribution is 5.52. The molecule has 2 N–H and O–H groups in total. The molecule has 1 aliphatic heterocycles. The summed E-state index contributed by atoms with van der Waals surface area (Å²) in [7, 11) is 0. The largest absolute Gasteiger partial charge is 0.371 e. The first-order valence-corrected chi connectivity index (χ1v) is 7.71. The van der Waals surface area contributed by atoms with Crippen molar-refractivity contribution >= 4 is 5.69 Å². The highest BCUT2D eigenvalue weighted by atomic mass is 15.1. The van der Waals surface area contributed by atoms with Crippen LogP contribution in [0.4, 0.5) is 5.69 Å². The fraction of sp³-hybridized carbons (Fsp3) is 0.688. The zero-order valence-corrected chi connectivity index (χ0v) is 11.8. The van der Waals surface area contributed by atoms with E-state index in [2.05, 4.69) is 16.0 Å². The maximum Gasteiger partial charge on any atom is 0.0442 e. The van der Waals surface area contributed by atoms with Gasteiger partial charge in [0.05, 0.1) is 0 Å². The van der Waals surface area contributed by atoms with Crippen LogP contribution in [0, 0.1) is 5.41 Å². The van der Waals surface area contributed by atoms with Crippen LogP contribution < -0.4 is 10.6 Å². The zero-order valence-electron chi connectivity index (χ0n) is 11.8. The normalized spacial score (nSPS) is 22.7. The van der Waals surface area contributed by atoms with Crippen LogP contribution in [0.15, 0.2) is 18.5 Å². The standard InChI is InChI=1S/C16H25N3/c17-12-14-13-18-9-4-15(14)19-10-7-16(8-11-19)5-2-1-3-6-16/h4,9,13H,1-3,5-8,10-12,17H2. The van der Waals surface area contributed by atoms with Crippen molar-refractivity contribution in [1.82, 2.24) is 4.98 Å². The molecule has 1 saturated carbocycles. The molecule has 0 bridgehead atoms. The number of hydrogen-bond donors (Lipinski definition) is 1. The predicted molar refractivity (Wildman–Crippen MR) is 79.1 cm³/mol. The minimum Gasteiger partial charge on any atom is -0.371 e. The predicted octanol–water partition coefficient (Wildman–Crippen LogP) is 3.09. The van der Waals surface area contributed by atoms with E-state index < -0.39 is 0 Å². The second-order valence-electron chi connectivity index (χ2n) is 6.26. The molecule has 0 aromatic carbocycles. The highest BCUT2D eigenvalue weighted by Crippen LogP contribution is 2.45. The number of nitrogens with two attached hydrogens (primary N) is 1. The van der Waals surface area contributed by atoms with Gasteiger partial charge in [-0.1, -0.05) is 19.3 Å². The first-order chi connectivity index (χ1) is 9.33. The van der Waals surface area contributed by atoms with Crippen LogP contribution in [0.5, 0.6) is 0 Å². The van der Waals surface area contributed by atoms with Crippen LogP contribution >= 0.6 is 0 Å². The van der Waals surface area contributed by atoms with Gasteiger partial charge in [0, 0.05) is 43.3 Å². The van der Waals surface area contributed by atoms with Crippen molar-refractivity contribution in [2.24, 2.45) is 11.1 Å². The Morgan fingerprint density at radius 2 is 1.84 bits per heavy atom. The molecule has 0 atom stereocenters. The van der Waals surface area contributed by atoms with Gasteiger partial charge < -0.3 is 10.6 Å². The van der Waals surface area contributed by atoms with Gasteiger partial charge in [0.25, 0.3) is 0 Å². The van der Waals surface area contributed by atoms with Crippen molar-refractivity contribution in [3.05, 3.63) is 24.0 Å². The lowest BCUT2D eigenvalue weighted by molar-refractivity contribution is 0.144. The van der Waals surface area contributed by atoms with Gasteiger partial charge in [0.15, 0.2) is 0 Å². The molecule has 0 unspecified atom stereocenters. The van der Waals surface area contributed by atoms with Gasteiger partial charge in [-0.3, -0.25) is 4.98 Å². The molecular weight excluding hydrogens is 234 g/mol. The Labute approximate surface area is 116 Å². The molecule has 3 rings (SSSR count). The van der Waals surface area contributed by atoms with E-state index in [1.807, 2.05) is 12.4 Å². The molecule has 2 fully saturated rings. The van der Waals surface area contributed by atoms with E-state index >= 15 is 0 Å². The molecule has 2 aliphatic rings. The van der Waals surface area contributed by atoms with Gasteiger partial charge >= 0.3 is 0 Å². The molecule has 1 aliphatic carbocycles. The molecule has 2 heterocycles. The molecule has 1 spiro atoms. The van der Waals surface area contributed by atoms with Crippen LogP contribution in [0.3, 0.4) is 0 Å². The lowest BCUT2D eigenvalue weighted by Crippen LogP contribution is -2.41. The summed E-state index contributed by atoms with van der Waals surface area (Å²) in [5, 5.41) is 0. The Bertz CT molecular complexity index is 414. The van der Waals surface area contributed by atoms with Gasteiger partial charge in [0.2, 0.25) is 0 Å². The Balaban J connectivity index is 1.69. The summed E-state index contributed by atoms with van der Waals surface area (Å²) in [6.45, 7) is 2.97. The lowest BCUT2D eigenvalue weighted by atomic mass is 9.68. The Morgan fingerprint density at radius 3 is 2.53 bits per heavy atom. The van der Waals surface area contributed by atoms with Crippen LogP contribution in [-0.4, -0.2) is 18.1 Å². The van der Waals surface area contributed by atoms with E-state index in [0.29, 0.717) is 12.0 Å². The van der Waals surface area contributed by atoms with Crippen molar-refractivity contribution in [1.29, 1.82) is 0 Å². The maximum absolute atomic E-state index is 5.83. The van der Waals surface area contributed by atoms with Crippen LogP contribution in [-0.2, 0) is 6.54 Å². The van der Waals surface area contributed by atoms with Crippen molar-refractivity contribution in [2.45, 2.75) is 51.5 Å². The number of anilines is 1. The monoisotopic (exact) mass is 259 g/mol. The molecule has 0 amide bonds. The Morgan fingerprint density at radius 1 is 1.11 bits per heavy atom. The molecule has 3 heteroatoms. The first kappa shape index (κ1) is 12.9. The molecule has 19 heavy (non-hydrogen) atoms. The van der Waals surface area contributed by atoms with E-state index in [0.717, 1.165) is 0 Å². The van der Waals surface area contributed by atoms with Crippen molar-refractivity contribution in [2.75, 3.05) is 18.0 Å². The summed E-state index contributed by atoms with van der Waals surface area (Å²) < 4.78 is 0. The average Bonchev–Trinajstić information content (AvgIpc) is 2.49. The third kappa shape index (κ3) is 2.62. The van der Waals surface area contributed by atoms with Gasteiger partial charge in [-0.2, -0.15) is 0 Å². The van der Waals surface area contributed by atoms with Crippen molar-refractivity contribution in [3.63, 3.8) is 0 Å². The van der Waals surface area contributed by atoms with Crippen LogP contribution in [0.1, 0.15) is 50.5 Å². The maximum atomic E-state index is 5.83. The fourth-order valence-electron chi connectivity index (χ4n) is 3.91. The average molecular weight is 259 g/mol. The Kier molecular flexibility index (Phi) is 3.74. The fourth-order valence-corrected chi connectivity index (χ4v) is 3.91. The van der Waals surface area contributed by atoms with Gasteiger partial charge in [-0.25, -0.2) is 0 Å². The third-order valence-electron chi connectivity index (χ3n) is 5.18. The summed E-state index contributed by atoms with van der Waals surface area (Å²) >= 11 is 0. The second kappa shape index (κ2) is 5.49. The summed E-state index contributed by atoms with van der Waals surface area (Å²) in [4.78, 5) is 6.71. The molecular formula is C16H25N3. The van der Waals surface area contributed by atoms with E-state index in [1.165, 1.54) is 69.3 Å². The number of piperidine rings is 1. The lowest BCUT2D eigenvalue weighted by Gasteiger charge is -2.45. The summed E-state index contributed by atoms with van der Waals surface area (Å²) in [6.07, 6.45) is 13.8. The minimum absolute atomic E-state index is 0.588. The molecule has 1 aromatic heterocycles. The quantitative estimate of drug-likeness (QED) is 0.887. The topological polar surface area (TPSA) is 42.1 Å². The van der Waals surface area contributed by atoms with Gasteiger partial charge in [0.1, 0.15) is 0 Å². The first-order valence-electron chi connectivity index (χ1n) is 7.71. The minimum atomic E-state index is 0.588. The number of hydrogen-bond acceptors (Lipinski definition) is 3. The van der Waals surface area contributed by atoms with E-state index in [1.54, 1.807) is 0 Å². The van der Waals surface area contributed by atoms with Crippen molar-refractivity contribution in [3.8, 4) is 0 Å². The second-order valence-corrected chi connectivity index (χ2v) is 6.26. The summed E-state index contributed by atoms with van der Waals surface area (Å²) in [5.41, 5.74) is 8.99. The molecule has 1 aromatic rings. The molecule has 104 valence electrons. The molecule has 1 saturated heterocycles. The SMILES string of the molecule is NCc1cnccc1N1CCC2(CCCCC2)CC1. The van der Waals surface area contributed by atoms with Gasteiger partial charge in [-0.15, -0.1) is 0 Å². The van der Waals surface area contributed by atoms with Crippen LogP contribution in [0.2, 0.25) is 0 Å². The van der Waals surface area contributed by atoms with E-state index in [-0.39, 0.29) is 0 Å². The number of rotatable bonds is 2. The molecule has 3 nitrogen and oxygen atoms in total. The molecule has 0 radical (unpaired) electrons. The summed E-state index contributed by atoms with van der Waals surface area (Å²) in [6, 6.07) is 2.13. The Hall–Kier alpha value is -1.09. The summed E-state index contributed by atoms with van der Waals surface area (Å²) in [5.74, 6) is 0. The number of pyridine rings is 1. The van der Waals surface area contributed by atoms with E-state index in [9.17, 15) is 0 Å². The highest BCUT2D eigenvalue weighted by Gasteiger charge is 2.35. The third-order valence-corrected chi connectivity index (χ3v) is 5.18. The number of nitrogens with zero attached hydrogens (tertiary/aromatic N) is 2. The smallest absolute Gasteiger partial charge is 0.0442 e.